The van der Waals surface area contributed by atoms with E-state index in [9.17, 15) is 9.59 Å². The summed E-state index contributed by atoms with van der Waals surface area (Å²) in [6, 6.07) is 14.1. The highest BCUT2D eigenvalue weighted by Crippen LogP contribution is 2.30. The molecule has 8 nitrogen and oxygen atoms in total. The van der Waals surface area contributed by atoms with Crippen molar-refractivity contribution in [3.05, 3.63) is 117 Å². The Labute approximate surface area is 231 Å². The van der Waals surface area contributed by atoms with E-state index < -0.39 is 17.6 Å². The van der Waals surface area contributed by atoms with Gasteiger partial charge in [-0.1, -0.05) is 78.4 Å². The van der Waals surface area contributed by atoms with Gasteiger partial charge in [0.15, 0.2) is 0 Å². The first kappa shape index (κ1) is 27.2. The van der Waals surface area contributed by atoms with Crippen LogP contribution in [0.5, 0.6) is 0 Å². The monoisotopic (exact) mass is 550 g/mol. The van der Waals surface area contributed by atoms with Gasteiger partial charge in [0.05, 0.1) is 18.3 Å². The van der Waals surface area contributed by atoms with Gasteiger partial charge in [0.2, 0.25) is 11.9 Å². The summed E-state index contributed by atoms with van der Waals surface area (Å²) in [6.07, 6.45) is 7.69. The van der Waals surface area contributed by atoms with Crippen molar-refractivity contribution < 1.29 is 4.79 Å². The summed E-state index contributed by atoms with van der Waals surface area (Å²) < 4.78 is 2.58. The van der Waals surface area contributed by atoms with Crippen molar-refractivity contribution in [1.82, 2.24) is 14.3 Å². The Morgan fingerprint density at radius 2 is 1.76 bits per heavy atom. The summed E-state index contributed by atoms with van der Waals surface area (Å²) in [5.41, 5.74) is 8.30. The zero-order chi connectivity index (χ0) is 27.4. The number of carbonyl (C=O) groups is 1. The molecule has 3 aromatic rings. The van der Waals surface area contributed by atoms with Crippen LogP contribution >= 0.6 is 23.2 Å². The molecule has 196 valence electrons. The number of primary amides is 1. The number of anilines is 1. The van der Waals surface area contributed by atoms with Gasteiger partial charge in [0.1, 0.15) is 6.54 Å². The number of benzene rings is 2. The number of carbonyl (C=O) groups excluding carboxylic acids is 1. The first-order chi connectivity index (χ1) is 18.2. The number of aromatic nitrogens is 3. The molecule has 0 saturated carbocycles. The number of nitrogens with zero attached hydrogens (tertiary/aromatic N) is 5. The second-order valence-electron chi connectivity index (χ2n) is 8.89. The number of hydrogen-bond donors (Lipinski definition) is 1. The van der Waals surface area contributed by atoms with Crippen LogP contribution in [0.15, 0.2) is 94.9 Å². The second-order valence-corrected chi connectivity index (χ2v) is 9.77. The molecule has 4 rings (SSSR count). The summed E-state index contributed by atoms with van der Waals surface area (Å²) >= 11 is 12.2. The van der Waals surface area contributed by atoms with Crippen molar-refractivity contribution in [2.24, 2.45) is 16.8 Å². The highest BCUT2D eigenvalue weighted by Gasteiger charge is 2.33. The molecular weight excluding hydrogens is 523 g/mol. The minimum Gasteiger partial charge on any atom is -0.368 e. The largest absolute Gasteiger partial charge is 0.368 e. The van der Waals surface area contributed by atoms with E-state index in [0.717, 1.165) is 22.4 Å². The van der Waals surface area contributed by atoms with Gasteiger partial charge in [0.25, 0.3) is 0 Å². The number of amides is 1. The fraction of sp³-hybridized carbons (Fsp3) is 0.214. The molecule has 0 radical (unpaired) electrons. The molecule has 0 aliphatic carbocycles. The van der Waals surface area contributed by atoms with Gasteiger partial charge >= 0.3 is 5.69 Å². The molecule has 10 heteroatoms. The average Bonchev–Trinajstić information content (AvgIpc) is 3.46. The van der Waals surface area contributed by atoms with Crippen molar-refractivity contribution in [3.8, 4) is 0 Å². The Bertz CT molecular complexity index is 1480. The van der Waals surface area contributed by atoms with Gasteiger partial charge < -0.3 is 5.73 Å². The van der Waals surface area contributed by atoms with Gasteiger partial charge in [-0.05, 0) is 54.8 Å². The summed E-state index contributed by atoms with van der Waals surface area (Å²) in [7, 11) is 0. The first-order valence-electron chi connectivity index (χ1n) is 12.0. The fourth-order valence-electron chi connectivity index (χ4n) is 4.23. The summed E-state index contributed by atoms with van der Waals surface area (Å²) in [5, 5.41) is 12.3. The molecule has 2 atom stereocenters. The molecular formula is C28H28Cl2N6O2. The third kappa shape index (κ3) is 5.82. The molecule has 0 unspecified atom stereocenters. The zero-order valence-corrected chi connectivity index (χ0v) is 22.6. The molecule has 1 aliphatic heterocycles. The van der Waals surface area contributed by atoms with Crippen LogP contribution in [-0.2, 0) is 11.3 Å². The van der Waals surface area contributed by atoms with Gasteiger partial charge in [0, 0.05) is 16.0 Å². The van der Waals surface area contributed by atoms with Crippen LogP contribution in [0, 0.1) is 5.92 Å². The lowest BCUT2D eigenvalue weighted by Gasteiger charge is -2.16. The number of allylic oxidation sites excluding steroid dienone is 4. The highest BCUT2D eigenvalue weighted by molar-refractivity contribution is 6.31. The van der Waals surface area contributed by atoms with Crippen molar-refractivity contribution in [3.63, 3.8) is 0 Å². The van der Waals surface area contributed by atoms with Crippen molar-refractivity contribution >= 4 is 40.8 Å². The van der Waals surface area contributed by atoms with E-state index in [-0.39, 0.29) is 18.4 Å². The normalized spacial score (nSPS) is 16.4. The molecule has 1 amide bonds. The number of nitrogens with two attached hydrogens (primary N) is 1. The Hall–Kier alpha value is -3.88. The lowest BCUT2D eigenvalue weighted by Crippen LogP contribution is -2.33. The minimum absolute atomic E-state index is 0.200. The third-order valence-corrected chi connectivity index (χ3v) is 6.75. The molecule has 0 saturated heterocycles. The third-order valence-electron chi connectivity index (χ3n) is 6.25. The maximum absolute atomic E-state index is 13.4. The average molecular weight is 551 g/mol. The van der Waals surface area contributed by atoms with Crippen LogP contribution in [0.25, 0.3) is 0 Å². The Kier molecular flexibility index (Phi) is 8.34. The van der Waals surface area contributed by atoms with Gasteiger partial charge in [-0.25, -0.2) is 14.5 Å². The van der Waals surface area contributed by atoms with Crippen LogP contribution in [0.3, 0.4) is 0 Å². The van der Waals surface area contributed by atoms with Crippen LogP contribution in [0.1, 0.15) is 31.0 Å². The fourth-order valence-corrected chi connectivity index (χ4v) is 4.48. The predicted molar refractivity (Wildman–Crippen MR) is 153 cm³/mol. The molecule has 2 heterocycles. The zero-order valence-electron chi connectivity index (χ0n) is 21.1. The summed E-state index contributed by atoms with van der Waals surface area (Å²) in [5.74, 6) is -0.647. The van der Waals surface area contributed by atoms with Gasteiger partial charge in [-0.15, -0.1) is 5.10 Å². The first-order valence-corrected chi connectivity index (χ1v) is 12.8. The molecule has 2 N–H and O–H groups in total. The molecule has 0 spiro atoms. The molecule has 1 aromatic heterocycles. The molecule has 1 aliphatic rings. The summed E-state index contributed by atoms with van der Waals surface area (Å²) in [6.45, 7) is 8.07. The van der Waals surface area contributed by atoms with E-state index in [2.05, 4.69) is 11.7 Å². The predicted octanol–water partition coefficient (Wildman–Crippen LogP) is 4.98. The van der Waals surface area contributed by atoms with Gasteiger partial charge in [-0.3, -0.25) is 9.36 Å². The van der Waals surface area contributed by atoms with Gasteiger partial charge in [-0.2, -0.15) is 5.10 Å². The van der Waals surface area contributed by atoms with Crippen molar-refractivity contribution in [1.29, 1.82) is 0 Å². The van der Waals surface area contributed by atoms with Crippen LogP contribution in [-0.4, -0.2) is 32.5 Å². The van der Waals surface area contributed by atoms with E-state index in [1.165, 1.54) is 9.25 Å². The van der Waals surface area contributed by atoms with E-state index in [4.69, 9.17) is 34.0 Å². The smallest absolute Gasteiger partial charge is 0.348 e. The number of halogens is 2. The van der Waals surface area contributed by atoms with Crippen LogP contribution < -0.4 is 16.4 Å². The van der Waals surface area contributed by atoms with E-state index >= 15 is 0 Å². The maximum Gasteiger partial charge on any atom is 0.348 e. The Morgan fingerprint density at radius 1 is 1.13 bits per heavy atom. The van der Waals surface area contributed by atoms with E-state index in [1.54, 1.807) is 29.3 Å². The van der Waals surface area contributed by atoms with E-state index in [0.29, 0.717) is 16.6 Å². The van der Waals surface area contributed by atoms with Crippen molar-refractivity contribution in [2.45, 2.75) is 26.4 Å². The topological polar surface area (TPSA) is 98.5 Å². The maximum atomic E-state index is 13.4. The van der Waals surface area contributed by atoms with Crippen LogP contribution in [0.2, 0.25) is 10.0 Å². The number of hydrazone groups is 1. The quantitative estimate of drug-likeness (QED) is 0.380. The lowest BCUT2D eigenvalue weighted by atomic mass is 9.91. The van der Waals surface area contributed by atoms with E-state index in [1.807, 2.05) is 62.4 Å². The minimum atomic E-state index is -0.664. The standard InChI is InChI=1S/C28H28Cl2N6O2/c1-4-5-6-7-18(2)24-16-35(32-26(24)21-10-14-23(30)15-11-21)27-33-36(28(38)34(27)17-25(31)37)19(3)20-8-12-22(29)13-9-20/h4-15,19,24H,2,16-17H2,1,3H3,(H2,31,37)/b5-4-,7-6-/t19-,24+/m0/s1. The molecule has 2 aromatic carbocycles. The molecule has 0 bridgehead atoms. The highest BCUT2D eigenvalue weighted by atomic mass is 35.5. The Morgan fingerprint density at radius 3 is 2.37 bits per heavy atom. The van der Waals surface area contributed by atoms with Crippen LogP contribution in [0.4, 0.5) is 5.95 Å². The Balaban J connectivity index is 1.79. The molecule has 38 heavy (non-hydrogen) atoms. The molecule has 0 fully saturated rings. The second kappa shape index (κ2) is 11.7. The lowest BCUT2D eigenvalue weighted by molar-refractivity contribution is -0.118. The summed E-state index contributed by atoms with van der Waals surface area (Å²) in [4.78, 5) is 25.4. The number of rotatable bonds is 9. The number of hydrogen-bond acceptors (Lipinski definition) is 5. The van der Waals surface area contributed by atoms with Crippen molar-refractivity contribution in [2.75, 3.05) is 11.6 Å². The SMILES string of the molecule is C=C(/C=C\C=C/C)[C@H]1CN(c2nn([C@@H](C)c3ccc(Cl)cc3)c(=O)n2CC(N)=O)N=C1c1ccc(Cl)cc1.